The van der Waals surface area contributed by atoms with Crippen LogP contribution in [0.4, 0.5) is 0 Å². The van der Waals surface area contributed by atoms with Gasteiger partial charge in [-0.2, -0.15) is 0 Å². The van der Waals surface area contributed by atoms with Gasteiger partial charge in [0.2, 0.25) is 0 Å². The number of rotatable bonds is 5. The molecule has 1 nitrogen and oxygen atoms in total. The van der Waals surface area contributed by atoms with E-state index in [1.54, 1.807) is 0 Å². The van der Waals surface area contributed by atoms with Gasteiger partial charge in [0.25, 0.3) is 0 Å². The smallest absolute Gasteiger partial charge is 0.113 e. The molecule has 1 aliphatic rings. The summed E-state index contributed by atoms with van der Waals surface area (Å²) in [5, 5.41) is 4.35. The molecule has 0 saturated carbocycles. The van der Waals surface area contributed by atoms with Gasteiger partial charge in [-0.15, -0.1) is 0 Å². The van der Waals surface area contributed by atoms with Gasteiger partial charge < -0.3 is 5.73 Å². The summed E-state index contributed by atoms with van der Waals surface area (Å²) in [6.45, 7) is 2.98. The molecule has 0 saturated heterocycles. The van der Waals surface area contributed by atoms with E-state index < -0.39 is 7.26 Å². The summed E-state index contributed by atoms with van der Waals surface area (Å²) in [4.78, 5) is 0. The maximum absolute atomic E-state index is 6.10. The van der Waals surface area contributed by atoms with Crippen molar-refractivity contribution in [2.24, 2.45) is 11.7 Å². The van der Waals surface area contributed by atoms with Gasteiger partial charge in [-0.3, -0.25) is 0 Å². The molecule has 2 N–H and O–H groups in total. The fourth-order valence-electron chi connectivity index (χ4n) is 3.39. The number of allylic oxidation sites excluding steroid dienone is 4. The van der Waals surface area contributed by atoms with Gasteiger partial charge >= 0.3 is 0 Å². The SMILES string of the molecule is CC1C=CC([P+](CCN)(c2ccccc2)c2ccccc2)=CC1. The summed E-state index contributed by atoms with van der Waals surface area (Å²) in [6.07, 6.45) is 9.31. The van der Waals surface area contributed by atoms with Crippen molar-refractivity contribution in [2.45, 2.75) is 13.3 Å². The molecule has 2 aromatic rings. The van der Waals surface area contributed by atoms with Crippen LogP contribution in [0.3, 0.4) is 0 Å². The molecule has 3 rings (SSSR count). The Bertz CT molecular complexity index is 649. The number of benzene rings is 2. The second kappa shape index (κ2) is 7.25. The highest BCUT2D eigenvalue weighted by Crippen LogP contribution is 2.64. The van der Waals surface area contributed by atoms with Crippen LogP contribution in [-0.4, -0.2) is 12.7 Å². The number of hydrogen-bond donors (Lipinski definition) is 1. The van der Waals surface area contributed by atoms with E-state index in [1.807, 2.05) is 0 Å². The first-order valence-electron chi connectivity index (χ1n) is 8.35. The minimum absolute atomic E-state index is 0.630. The molecule has 0 aliphatic heterocycles. The maximum Gasteiger partial charge on any atom is 0.113 e. The van der Waals surface area contributed by atoms with E-state index in [0.29, 0.717) is 12.5 Å². The zero-order chi connectivity index (χ0) is 16.1. The monoisotopic (exact) mass is 322 g/mol. The molecule has 1 aliphatic carbocycles. The summed E-state index contributed by atoms with van der Waals surface area (Å²) in [6, 6.07) is 21.9. The Morgan fingerprint density at radius 3 is 1.96 bits per heavy atom. The third-order valence-corrected chi connectivity index (χ3v) is 9.10. The van der Waals surface area contributed by atoms with Gasteiger partial charge in [0, 0.05) is 6.54 Å². The molecule has 1 atom stereocenters. The fraction of sp³-hybridized carbons (Fsp3) is 0.238. The average molecular weight is 322 g/mol. The van der Waals surface area contributed by atoms with Crippen LogP contribution >= 0.6 is 7.26 Å². The van der Waals surface area contributed by atoms with Crippen molar-refractivity contribution in [1.82, 2.24) is 0 Å². The molecular formula is C21H25NP+. The molecule has 0 amide bonds. The van der Waals surface area contributed by atoms with Crippen LogP contribution in [0.1, 0.15) is 13.3 Å². The topological polar surface area (TPSA) is 26.0 Å². The Morgan fingerprint density at radius 1 is 0.957 bits per heavy atom. The molecular weight excluding hydrogens is 297 g/mol. The van der Waals surface area contributed by atoms with Crippen LogP contribution in [0.2, 0.25) is 0 Å². The molecule has 2 heteroatoms. The van der Waals surface area contributed by atoms with Gasteiger partial charge in [0.15, 0.2) is 0 Å². The van der Waals surface area contributed by atoms with Crippen LogP contribution in [0.25, 0.3) is 0 Å². The van der Waals surface area contributed by atoms with Crippen molar-refractivity contribution in [1.29, 1.82) is 0 Å². The molecule has 0 fully saturated rings. The molecule has 0 bridgehead atoms. The third-order valence-electron chi connectivity index (χ3n) is 4.59. The van der Waals surface area contributed by atoms with Gasteiger partial charge in [0.05, 0.1) is 6.16 Å². The van der Waals surface area contributed by atoms with Crippen LogP contribution < -0.4 is 16.3 Å². The van der Waals surface area contributed by atoms with E-state index in [9.17, 15) is 0 Å². The minimum Gasteiger partial charge on any atom is -0.327 e. The highest BCUT2D eigenvalue weighted by Gasteiger charge is 2.45. The van der Waals surface area contributed by atoms with E-state index in [2.05, 4.69) is 85.8 Å². The summed E-state index contributed by atoms with van der Waals surface area (Å²) in [5.41, 5.74) is 6.10. The summed E-state index contributed by atoms with van der Waals surface area (Å²) < 4.78 is 0. The molecule has 0 heterocycles. The standard InChI is InChI=1S/C21H25NP/c1-18-12-14-21(15-13-18)23(17-16-22,19-8-4-2-5-9-19)20-10-6-3-7-11-20/h2-12,14-15,18H,13,16-17,22H2,1H3/q+1. The van der Waals surface area contributed by atoms with Crippen LogP contribution in [-0.2, 0) is 0 Å². The molecule has 0 spiro atoms. The lowest BCUT2D eigenvalue weighted by atomic mass is 10.0. The zero-order valence-electron chi connectivity index (χ0n) is 13.7. The summed E-state index contributed by atoms with van der Waals surface area (Å²) in [7, 11) is -1.65. The predicted octanol–water partition coefficient (Wildman–Crippen LogP) is 4.09. The summed E-state index contributed by atoms with van der Waals surface area (Å²) >= 11 is 0. The first kappa shape index (κ1) is 16.2. The summed E-state index contributed by atoms with van der Waals surface area (Å²) in [5.74, 6) is 0.630. The largest absolute Gasteiger partial charge is 0.327 e. The van der Waals surface area contributed by atoms with Gasteiger partial charge in [-0.1, -0.05) is 49.4 Å². The van der Waals surface area contributed by atoms with Gasteiger partial charge in [-0.25, -0.2) is 0 Å². The highest BCUT2D eigenvalue weighted by atomic mass is 31.2. The Balaban J connectivity index is 2.21. The van der Waals surface area contributed by atoms with Crippen LogP contribution in [0.15, 0.2) is 84.2 Å². The molecule has 118 valence electrons. The van der Waals surface area contributed by atoms with Crippen molar-refractivity contribution >= 4 is 17.9 Å². The van der Waals surface area contributed by atoms with Gasteiger partial charge in [0.1, 0.15) is 23.2 Å². The first-order valence-corrected chi connectivity index (χ1v) is 10.3. The fourth-order valence-corrected chi connectivity index (χ4v) is 7.57. The Kier molecular flexibility index (Phi) is 5.10. The highest BCUT2D eigenvalue weighted by molar-refractivity contribution is 7.93. The lowest BCUT2D eigenvalue weighted by Gasteiger charge is -2.29. The number of hydrogen-bond acceptors (Lipinski definition) is 1. The van der Waals surface area contributed by atoms with E-state index >= 15 is 0 Å². The van der Waals surface area contributed by atoms with Crippen LogP contribution in [0, 0.1) is 5.92 Å². The van der Waals surface area contributed by atoms with E-state index in [0.717, 1.165) is 12.6 Å². The lowest BCUT2D eigenvalue weighted by Crippen LogP contribution is -2.29. The predicted molar refractivity (Wildman–Crippen MR) is 104 cm³/mol. The molecule has 2 aromatic carbocycles. The molecule has 1 unspecified atom stereocenters. The minimum atomic E-state index is -1.65. The van der Waals surface area contributed by atoms with Crippen LogP contribution in [0.5, 0.6) is 0 Å². The quantitative estimate of drug-likeness (QED) is 0.824. The lowest BCUT2D eigenvalue weighted by molar-refractivity contribution is 0.735. The molecule has 23 heavy (non-hydrogen) atoms. The molecule has 0 aromatic heterocycles. The molecule has 0 radical (unpaired) electrons. The van der Waals surface area contributed by atoms with E-state index in [1.165, 1.54) is 15.9 Å². The maximum atomic E-state index is 6.10. The Hall–Kier alpha value is -1.69. The van der Waals surface area contributed by atoms with Crippen molar-refractivity contribution < 1.29 is 0 Å². The Morgan fingerprint density at radius 2 is 1.52 bits per heavy atom. The van der Waals surface area contributed by atoms with Crippen molar-refractivity contribution in [3.05, 3.63) is 84.2 Å². The number of nitrogens with two attached hydrogens (primary N) is 1. The first-order chi connectivity index (χ1) is 11.3. The normalized spacial score (nSPS) is 17.8. The Labute approximate surface area is 140 Å². The third kappa shape index (κ3) is 3.17. The zero-order valence-corrected chi connectivity index (χ0v) is 14.6. The van der Waals surface area contributed by atoms with E-state index in [4.69, 9.17) is 5.73 Å². The second-order valence-corrected chi connectivity index (χ2v) is 9.81. The van der Waals surface area contributed by atoms with Crippen molar-refractivity contribution in [3.63, 3.8) is 0 Å². The van der Waals surface area contributed by atoms with Crippen molar-refractivity contribution in [3.8, 4) is 0 Å². The average Bonchev–Trinajstić information content (AvgIpc) is 2.62. The van der Waals surface area contributed by atoms with Gasteiger partial charge in [-0.05, 0) is 48.8 Å². The van der Waals surface area contributed by atoms with Crippen molar-refractivity contribution in [2.75, 3.05) is 12.7 Å². The van der Waals surface area contributed by atoms with E-state index in [-0.39, 0.29) is 0 Å². The second-order valence-electron chi connectivity index (χ2n) is 6.19.